The lowest BCUT2D eigenvalue weighted by Crippen LogP contribution is -2.50. The molecule has 0 N–H and O–H groups in total. The Labute approximate surface area is 239 Å². The SMILES string of the molecule is CN(Cc1cscn1)Cc1cc(-c2cccs2)ccc1OCC(=O)N1CCN(c2cccc(C(F)(F)F)c2)CC1. The Morgan fingerprint density at radius 1 is 1.05 bits per heavy atom. The molecular weight excluding hydrogens is 557 g/mol. The van der Waals surface area contributed by atoms with Crippen molar-refractivity contribution in [2.24, 2.45) is 0 Å². The number of rotatable bonds is 9. The molecule has 1 saturated heterocycles. The van der Waals surface area contributed by atoms with E-state index < -0.39 is 11.7 Å². The number of nitrogens with zero attached hydrogens (tertiary/aromatic N) is 4. The molecule has 5 rings (SSSR count). The van der Waals surface area contributed by atoms with Crippen LogP contribution in [0.5, 0.6) is 5.75 Å². The van der Waals surface area contributed by atoms with Crippen molar-refractivity contribution in [1.82, 2.24) is 14.8 Å². The van der Waals surface area contributed by atoms with Crippen LogP contribution in [0.1, 0.15) is 16.8 Å². The molecule has 4 aromatic rings. The van der Waals surface area contributed by atoms with Gasteiger partial charge in [0.1, 0.15) is 5.75 Å². The van der Waals surface area contributed by atoms with Gasteiger partial charge in [-0.25, -0.2) is 4.98 Å². The topological polar surface area (TPSA) is 48.9 Å². The average molecular weight is 587 g/mol. The number of carbonyl (C=O) groups excluding carboxylic acids is 1. The van der Waals surface area contributed by atoms with E-state index in [1.807, 2.05) is 46.4 Å². The standard InChI is InChI=1S/C29H29F3N4O2S2/c1-34(17-24-19-39-20-33-24)16-22-14-21(27-6-3-13-40-27)7-8-26(22)38-18-28(37)36-11-9-35(10-12-36)25-5-2-4-23(15-25)29(30,31)32/h2-8,13-15,19-20H,9-12,16-18H2,1H3. The van der Waals surface area contributed by atoms with Gasteiger partial charge < -0.3 is 14.5 Å². The summed E-state index contributed by atoms with van der Waals surface area (Å²) in [5.41, 5.74) is 4.73. The molecule has 1 aliphatic heterocycles. The molecule has 0 aliphatic carbocycles. The largest absolute Gasteiger partial charge is 0.483 e. The van der Waals surface area contributed by atoms with Gasteiger partial charge in [0.25, 0.3) is 5.91 Å². The molecule has 0 atom stereocenters. The lowest BCUT2D eigenvalue weighted by Gasteiger charge is -2.36. The van der Waals surface area contributed by atoms with Gasteiger partial charge in [0.15, 0.2) is 6.61 Å². The average Bonchev–Trinajstić information content (AvgIpc) is 3.67. The Kier molecular flexibility index (Phi) is 8.72. The van der Waals surface area contributed by atoms with Crippen LogP contribution in [-0.4, -0.2) is 60.5 Å². The fraction of sp³-hybridized carbons (Fsp3) is 0.310. The summed E-state index contributed by atoms with van der Waals surface area (Å²) in [5.74, 6) is 0.509. The van der Waals surface area contributed by atoms with Gasteiger partial charge in [-0.2, -0.15) is 13.2 Å². The van der Waals surface area contributed by atoms with Crippen LogP contribution in [0.4, 0.5) is 18.9 Å². The molecule has 0 bridgehead atoms. The van der Waals surface area contributed by atoms with Crippen LogP contribution in [0.3, 0.4) is 0 Å². The number of amides is 1. The summed E-state index contributed by atoms with van der Waals surface area (Å²) in [5, 5.41) is 4.07. The number of thiophene rings is 1. The maximum Gasteiger partial charge on any atom is 0.416 e. The van der Waals surface area contributed by atoms with Gasteiger partial charge in [-0.15, -0.1) is 22.7 Å². The second kappa shape index (κ2) is 12.4. The Bertz CT molecular complexity index is 1400. The highest BCUT2D eigenvalue weighted by Crippen LogP contribution is 2.33. The molecule has 6 nitrogen and oxygen atoms in total. The van der Waals surface area contributed by atoms with E-state index >= 15 is 0 Å². The number of ether oxygens (including phenoxy) is 1. The summed E-state index contributed by atoms with van der Waals surface area (Å²) in [7, 11) is 2.02. The molecule has 3 heterocycles. The monoisotopic (exact) mass is 586 g/mol. The second-order valence-electron chi connectivity index (χ2n) is 9.66. The van der Waals surface area contributed by atoms with Crippen LogP contribution < -0.4 is 9.64 Å². The third kappa shape index (κ3) is 7.01. The van der Waals surface area contributed by atoms with Crippen molar-refractivity contribution in [3.05, 3.63) is 87.7 Å². The smallest absolute Gasteiger partial charge is 0.416 e. The van der Waals surface area contributed by atoms with E-state index in [1.165, 1.54) is 6.07 Å². The van der Waals surface area contributed by atoms with E-state index in [0.29, 0.717) is 50.7 Å². The maximum absolute atomic E-state index is 13.1. The number of benzene rings is 2. The van der Waals surface area contributed by atoms with E-state index in [-0.39, 0.29) is 12.5 Å². The summed E-state index contributed by atoms with van der Waals surface area (Å²) < 4.78 is 45.4. The number of alkyl halides is 3. The van der Waals surface area contributed by atoms with E-state index in [0.717, 1.165) is 33.8 Å². The first-order valence-electron chi connectivity index (χ1n) is 12.8. The predicted octanol–water partition coefficient (Wildman–Crippen LogP) is 6.25. The van der Waals surface area contributed by atoms with Crippen LogP contribution in [0.15, 0.2) is 70.9 Å². The normalized spacial score (nSPS) is 14.1. The van der Waals surface area contributed by atoms with Crippen molar-refractivity contribution in [3.8, 4) is 16.2 Å². The van der Waals surface area contributed by atoms with Gasteiger partial charge in [0.05, 0.1) is 16.8 Å². The Morgan fingerprint density at radius 2 is 1.88 bits per heavy atom. The number of anilines is 1. The van der Waals surface area contributed by atoms with Gasteiger partial charge in [-0.05, 0) is 60.5 Å². The predicted molar refractivity (Wildman–Crippen MR) is 153 cm³/mol. The van der Waals surface area contributed by atoms with Crippen LogP contribution >= 0.6 is 22.7 Å². The lowest BCUT2D eigenvalue weighted by atomic mass is 10.1. The van der Waals surface area contributed by atoms with Gasteiger partial charge in [0, 0.05) is 60.8 Å². The second-order valence-corrected chi connectivity index (χ2v) is 11.3. The van der Waals surface area contributed by atoms with Crippen LogP contribution in [0.25, 0.3) is 10.4 Å². The minimum Gasteiger partial charge on any atom is -0.483 e. The Balaban J connectivity index is 1.21. The third-order valence-electron chi connectivity index (χ3n) is 6.74. The Morgan fingerprint density at radius 3 is 2.58 bits per heavy atom. The van der Waals surface area contributed by atoms with Crippen LogP contribution in [-0.2, 0) is 24.1 Å². The third-order valence-corrected chi connectivity index (χ3v) is 8.30. The Hall–Kier alpha value is -3.41. The van der Waals surface area contributed by atoms with Gasteiger partial charge >= 0.3 is 6.18 Å². The van der Waals surface area contributed by atoms with Gasteiger partial charge in [-0.1, -0.05) is 12.1 Å². The molecule has 210 valence electrons. The highest BCUT2D eigenvalue weighted by molar-refractivity contribution is 7.13. The summed E-state index contributed by atoms with van der Waals surface area (Å²) in [6, 6.07) is 15.4. The zero-order valence-corrected chi connectivity index (χ0v) is 23.6. The molecule has 1 amide bonds. The molecule has 2 aromatic heterocycles. The molecule has 2 aromatic carbocycles. The van der Waals surface area contributed by atoms with Crippen molar-refractivity contribution < 1.29 is 22.7 Å². The molecular formula is C29H29F3N4O2S2. The molecule has 40 heavy (non-hydrogen) atoms. The fourth-order valence-corrected chi connectivity index (χ4v) is 5.98. The summed E-state index contributed by atoms with van der Waals surface area (Å²) in [6.45, 7) is 2.95. The number of halogens is 3. The lowest BCUT2D eigenvalue weighted by molar-refractivity contribution is -0.137. The number of hydrogen-bond acceptors (Lipinski definition) is 7. The first-order valence-corrected chi connectivity index (χ1v) is 14.6. The summed E-state index contributed by atoms with van der Waals surface area (Å²) in [6.07, 6.45) is -4.39. The van der Waals surface area contributed by atoms with Gasteiger partial charge in [-0.3, -0.25) is 9.69 Å². The molecule has 0 unspecified atom stereocenters. The van der Waals surface area contributed by atoms with E-state index in [4.69, 9.17) is 4.74 Å². The molecule has 0 saturated carbocycles. The van der Waals surface area contributed by atoms with Crippen molar-refractivity contribution in [1.29, 1.82) is 0 Å². The summed E-state index contributed by atoms with van der Waals surface area (Å²) in [4.78, 5) is 24.3. The number of hydrogen-bond donors (Lipinski definition) is 0. The molecule has 1 aliphatic rings. The first-order chi connectivity index (χ1) is 19.3. The van der Waals surface area contributed by atoms with Gasteiger partial charge in [0.2, 0.25) is 0 Å². The van der Waals surface area contributed by atoms with Crippen molar-refractivity contribution in [3.63, 3.8) is 0 Å². The molecule has 0 spiro atoms. The molecule has 1 fully saturated rings. The zero-order valence-electron chi connectivity index (χ0n) is 21.9. The highest BCUT2D eigenvalue weighted by Gasteiger charge is 2.31. The number of thiazole rings is 1. The molecule has 11 heteroatoms. The van der Waals surface area contributed by atoms with E-state index in [1.54, 1.807) is 33.6 Å². The minimum absolute atomic E-state index is 0.106. The first kappa shape index (κ1) is 28.1. The van der Waals surface area contributed by atoms with Crippen molar-refractivity contribution in [2.75, 3.05) is 44.7 Å². The number of aromatic nitrogens is 1. The van der Waals surface area contributed by atoms with Crippen molar-refractivity contribution in [2.45, 2.75) is 19.3 Å². The fourth-order valence-electron chi connectivity index (χ4n) is 4.70. The highest BCUT2D eigenvalue weighted by atomic mass is 32.1. The van der Waals surface area contributed by atoms with Crippen molar-refractivity contribution >= 4 is 34.3 Å². The summed E-state index contributed by atoms with van der Waals surface area (Å²) >= 11 is 3.23. The number of piperazine rings is 1. The van der Waals surface area contributed by atoms with Crippen LogP contribution in [0.2, 0.25) is 0 Å². The number of carbonyl (C=O) groups is 1. The minimum atomic E-state index is -4.39. The molecule has 0 radical (unpaired) electrons. The zero-order chi connectivity index (χ0) is 28.1. The maximum atomic E-state index is 13.1. The quantitative estimate of drug-likeness (QED) is 0.232. The van der Waals surface area contributed by atoms with E-state index in [9.17, 15) is 18.0 Å². The van der Waals surface area contributed by atoms with Crippen LogP contribution in [0, 0.1) is 0 Å². The van der Waals surface area contributed by atoms with E-state index in [2.05, 4.69) is 22.0 Å².